The lowest BCUT2D eigenvalue weighted by Crippen LogP contribution is -2.35. The molecule has 0 saturated carbocycles. The molecule has 0 bridgehead atoms. The molecule has 0 aliphatic carbocycles. The third-order valence-electron chi connectivity index (χ3n) is 1.64. The van der Waals surface area contributed by atoms with Crippen molar-refractivity contribution in [1.82, 2.24) is 0 Å². The summed E-state index contributed by atoms with van der Waals surface area (Å²) in [6.45, 7) is 4.76. The van der Waals surface area contributed by atoms with Gasteiger partial charge in [0, 0.05) is 6.92 Å². The van der Waals surface area contributed by atoms with Crippen molar-refractivity contribution in [3.63, 3.8) is 0 Å². The first-order chi connectivity index (χ1) is 5.44. The van der Waals surface area contributed by atoms with E-state index >= 15 is 0 Å². The van der Waals surface area contributed by atoms with E-state index in [1.807, 2.05) is 13.0 Å². The van der Waals surface area contributed by atoms with Crippen LogP contribution >= 0.6 is 11.6 Å². The van der Waals surface area contributed by atoms with Gasteiger partial charge in [-0.05, 0) is 13.3 Å². The highest BCUT2D eigenvalue weighted by atomic mass is 35.5. The summed E-state index contributed by atoms with van der Waals surface area (Å²) in [6, 6.07) is 1.85. The number of halogens is 1. The number of hydrogen-bond acceptors (Lipinski definition) is 3. The zero-order valence-electron chi connectivity index (χ0n) is 7.43. The van der Waals surface area contributed by atoms with Crippen LogP contribution in [0, 0.1) is 11.3 Å². The minimum atomic E-state index is -0.873. The highest BCUT2D eigenvalue weighted by Gasteiger charge is 2.32. The Labute approximate surface area is 77.3 Å². The van der Waals surface area contributed by atoms with E-state index in [-0.39, 0.29) is 0 Å². The number of carbonyl (C=O) groups excluding carboxylic acids is 1. The van der Waals surface area contributed by atoms with Crippen LogP contribution in [0.5, 0.6) is 0 Å². The van der Waals surface area contributed by atoms with Crippen molar-refractivity contribution >= 4 is 17.6 Å². The van der Waals surface area contributed by atoms with Gasteiger partial charge in [0.1, 0.15) is 6.07 Å². The maximum Gasteiger partial charge on any atom is 0.304 e. The molecule has 0 aromatic rings. The van der Waals surface area contributed by atoms with E-state index in [0.717, 1.165) is 0 Å². The normalized spacial score (nSPS) is 17.2. The number of alkyl halides is 1. The van der Waals surface area contributed by atoms with Gasteiger partial charge in [0.15, 0.2) is 0 Å². The summed E-state index contributed by atoms with van der Waals surface area (Å²) in [5.41, 5.74) is 0. The molecular weight excluding hydrogens is 178 g/mol. The number of carbonyl (C=O) groups is 1. The topological polar surface area (TPSA) is 50.1 Å². The van der Waals surface area contributed by atoms with Gasteiger partial charge in [0.25, 0.3) is 0 Å². The van der Waals surface area contributed by atoms with E-state index in [2.05, 4.69) is 0 Å². The molecule has 2 atom stereocenters. The van der Waals surface area contributed by atoms with E-state index in [9.17, 15) is 4.79 Å². The van der Waals surface area contributed by atoms with Crippen LogP contribution < -0.4 is 0 Å². The van der Waals surface area contributed by atoms with Crippen LogP contribution in [0.3, 0.4) is 0 Å². The van der Waals surface area contributed by atoms with Gasteiger partial charge in [-0.3, -0.25) is 4.79 Å². The molecule has 12 heavy (non-hydrogen) atoms. The van der Waals surface area contributed by atoms with Crippen LogP contribution in [0.1, 0.15) is 27.2 Å². The molecule has 0 heterocycles. The van der Waals surface area contributed by atoms with Gasteiger partial charge in [0.2, 0.25) is 6.10 Å². The second-order valence-corrected chi connectivity index (χ2v) is 3.61. The largest absolute Gasteiger partial charge is 0.445 e. The summed E-state index contributed by atoms with van der Waals surface area (Å²) in [4.78, 5) is 9.75. The molecule has 0 radical (unpaired) electrons. The molecule has 0 fully saturated rings. The summed E-state index contributed by atoms with van der Waals surface area (Å²) >= 11 is 5.93. The maximum absolute atomic E-state index is 10.5. The van der Waals surface area contributed by atoms with Crippen molar-refractivity contribution in [2.45, 2.75) is 38.2 Å². The van der Waals surface area contributed by atoms with Gasteiger partial charge in [-0.1, -0.05) is 6.92 Å². The maximum atomic E-state index is 10.5. The Morgan fingerprint density at radius 3 is 2.58 bits per heavy atom. The Bertz CT molecular complexity index is 208. The molecule has 0 aromatic carbocycles. The Hall–Kier alpha value is -0.750. The van der Waals surface area contributed by atoms with Gasteiger partial charge < -0.3 is 4.74 Å². The summed E-state index contributed by atoms with van der Waals surface area (Å²) < 4.78 is 4.72. The van der Waals surface area contributed by atoms with Crippen LogP contribution in [0.25, 0.3) is 0 Å². The van der Waals surface area contributed by atoms with Gasteiger partial charge in [0.05, 0.1) is 4.87 Å². The van der Waals surface area contributed by atoms with Gasteiger partial charge in [-0.25, -0.2) is 0 Å². The monoisotopic (exact) mass is 189 g/mol. The summed E-state index contributed by atoms with van der Waals surface area (Å²) in [6.07, 6.45) is -0.304. The van der Waals surface area contributed by atoms with Crippen LogP contribution in [-0.2, 0) is 9.53 Å². The highest BCUT2D eigenvalue weighted by Crippen LogP contribution is 2.25. The lowest BCUT2D eigenvalue weighted by molar-refractivity contribution is -0.145. The summed E-state index contributed by atoms with van der Waals surface area (Å²) in [7, 11) is 0. The van der Waals surface area contributed by atoms with Crippen LogP contribution in [0.15, 0.2) is 0 Å². The van der Waals surface area contributed by atoms with Crippen molar-refractivity contribution in [3.05, 3.63) is 0 Å². The molecule has 2 unspecified atom stereocenters. The van der Waals surface area contributed by atoms with Crippen molar-refractivity contribution in [3.8, 4) is 6.07 Å². The van der Waals surface area contributed by atoms with E-state index in [1.54, 1.807) is 6.92 Å². The average molecular weight is 190 g/mol. The molecule has 0 rings (SSSR count). The van der Waals surface area contributed by atoms with E-state index in [1.165, 1.54) is 6.92 Å². The first-order valence-electron chi connectivity index (χ1n) is 3.69. The first kappa shape index (κ1) is 11.2. The second-order valence-electron chi connectivity index (χ2n) is 2.75. The minimum absolute atomic E-state index is 0.484. The molecule has 0 saturated heterocycles. The van der Waals surface area contributed by atoms with Crippen LogP contribution in [0.2, 0.25) is 0 Å². The van der Waals surface area contributed by atoms with Crippen LogP contribution in [-0.4, -0.2) is 16.9 Å². The van der Waals surface area contributed by atoms with E-state index in [4.69, 9.17) is 21.6 Å². The lowest BCUT2D eigenvalue weighted by Gasteiger charge is -2.24. The molecule has 0 spiro atoms. The number of hydrogen-bond donors (Lipinski definition) is 0. The third kappa shape index (κ3) is 3.10. The van der Waals surface area contributed by atoms with Crippen molar-refractivity contribution in [2.24, 2.45) is 0 Å². The van der Waals surface area contributed by atoms with Gasteiger partial charge >= 0.3 is 5.97 Å². The fourth-order valence-electron chi connectivity index (χ4n) is 0.635. The summed E-state index contributed by atoms with van der Waals surface area (Å²) in [5.74, 6) is -0.484. The molecule has 68 valence electrons. The summed E-state index contributed by atoms with van der Waals surface area (Å²) in [5, 5.41) is 8.63. The number of esters is 1. The Morgan fingerprint density at radius 1 is 1.83 bits per heavy atom. The fourth-order valence-corrected chi connectivity index (χ4v) is 0.729. The molecule has 4 heteroatoms. The molecule has 0 aliphatic rings. The minimum Gasteiger partial charge on any atom is -0.445 e. The SMILES string of the molecule is CCC(C)(Cl)C(C#N)OC(C)=O. The van der Waals surface area contributed by atoms with E-state index in [0.29, 0.717) is 6.42 Å². The first-order valence-corrected chi connectivity index (χ1v) is 4.07. The zero-order chi connectivity index (χ0) is 9.78. The van der Waals surface area contributed by atoms with Crippen LogP contribution in [0.4, 0.5) is 0 Å². The zero-order valence-corrected chi connectivity index (χ0v) is 8.18. The Balaban J connectivity index is 4.36. The molecule has 0 amide bonds. The van der Waals surface area contributed by atoms with Crippen molar-refractivity contribution < 1.29 is 9.53 Å². The molecule has 0 aromatic heterocycles. The number of nitrogens with zero attached hydrogens (tertiary/aromatic N) is 1. The third-order valence-corrected chi connectivity index (χ3v) is 2.10. The highest BCUT2D eigenvalue weighted by molar-refractivity contribution is 6.24. The predicted molar refractivity (Wildman–Crippen MR) is 45.7 cm³/mol. The smallest absolute Gasteiger partial charge is 0.304 e. The average Bonchev–Trinajstić information content (AvgIpc) is 1.99. The van der Waals surface area contributed by atoms with Gasteiger partial charge in [-0.2, -0.15) is 5.26 Å². The lowest BCUT2D eigenvalue weighted by atomic mass is 10.0. The van der Waals surface area contributed by atoms with Crippen molar-refractivity contribution in [1.29, 1.82) is 5.26 Å². The quantitative estimate of drug-likeness (QED) is 0.503. The number of rotatable bonds is 3. The number of ether oxygens (including phenoxy) is 1. The second kappa shape index (κ2) is 4.32. The Kier molecular flexibility index (Phi) is 4.05. The fraction of sp³-hybridized carbons (Fsp3) is 0.750. The standard InChI is InChI=1S/C8H12ClNO2/c1-4-8(3,9)7(5-10)12-6(2)11/h7H,4H2,1-3H3. The molecule has 3 nitrogen and oxygen atoms in total. The van der Waals surface area contributed by atoms with Gasteiger partial charge in [-0.15, -0.1) is 11.6 Å². The Morgan fingerprint density at radius 2 is 2.33 bits per heavy atom. The molecule has 0 aliphatic heterocycles. The molecular formula is C8H12ClNO2. The van der Waals surface area contributed by atoms with E-state index < -0.39 is 16.9 Å². The van der Waals surface area contributed by atoms with Crippen molar-refractivity contribution in [2.75, 3.05) is 0 Å². The number of nitriles is 1. The molecule has 0 N–H and O–H groups in total. The predicted octanol–water partition coefficient (Wildman–Crippen LogP) is 1.85.